The van der Waals surface area contributed by atoms with Crippen molar-refractivity contribution in [3.63, 3.8) is 0 Å². The van der Waals surface area contributed by atoms with Gasteiger partial charge < -0.3 is 15.5 Å². The van der Waals surface area contributed by atoms with Gasteiger partial charge in [0.25, 0.3) is 0 Å². The first kappa shape index (κ1) is 18.7. The molecule has 5 heteroatoms. The standard InChI is InChI=1S/C21H26ClN3O/c1-15-13-17(25-11-5-6-12-25)9-10-20(15)24-21(26)14-23-16(2)18-7-3-4-8-19(18)22/h3-4,7-10,13,16,23H,5-6,11-12,14H2,1-2H3,(H,24,26). The van der Waals surface area contributed by atoms with Crippen LogP contribution in [0.2, 0.25) is 5.02 Å². The van der Waals surface area contributed by atoms with E-state index in [1.807, 2.05) is 44.2 Å². The molecule has 26 heavy (non-hydrogen) atoms. The summed E-state index contributed by atoms with van der Waals surface area (Å²) in [5.41, 5.74) is 4.18. The molecular formula is C21H26ClN3O. The number of nitrogens with zero attached hydrogens (tertiary/aromatic N) is 1. The van der Waals surface area contributed by atoms with Crippen molar-refractivity contribution in [3.05, 3.63) is 58.6 Å². The number of hydrogen-bond donors (Lipinski definition) is 2. The molecule has 1 aliphatic heterocycles. The Hall–Kier alpha value is -2.04. The van der Waals surface area contributed by atoms with Gasteiger partial charge in [-0.25, -0.2) is 0 Å². The molecule has 0 aromatic heterocycles. The lowest BCUT2D eigenvalue weighted by Crippen LogP contribution is -2.30. The van der Waals surface area contributed by atoms with Gasteiger partial charge in [-0.1, -0.05) is 29.8 Å². The Morgan fingerprint density at radius 2 is 1.92 bits per heavy atom. The molecule has 1 aliphatic rings. The molecule has 0 radical (unpaired) electrons. The number of aryl methyl sites for hydroxylation is 1. The highest BCUT2D eigenvalue weighted by molar-refractivity contribution is 6.31. The van der Waals surface area contributed by atoms with Crippen molar-refractivity contribution < 1.29 is 4.79 Å². The molecule has 1 amide bonds. The maximum absolute atomic E-state index is 12.3. The maximum Gasteiger partial charge on any atom is 0.238 e. The van der Waals surface area contributed by atoms with Crippen LogP contribution in [0.25, 0.3) is 0 Å². The van der Waals surface area contributed by atoms with E-state index >= 15 is 0 Å². The molecule has 2 N–H and O–H groups in total. The Morgan fingerprint density at radius 3 is 2.62 bits per heavy atom. The average molecular weight is 372 g/mol. The molecule has 1 saturated heterocycles. The first-order chi connectivity index (χ1) is 12.5. The van der Waals surface area contributed by atoms with E-state index in [0.717, 1.165) is 29.9 Å². The zero-order valence-electron chi connectivity index (χ0n) is 15.4. The van der Waals surface area contributed by atoms with Gasteiger partial charge in [-0.2, -0.15) is 0 Å². The number of hydrogen-bond acceptors (Lipinski definition) is 3. The molecular weight excluding hydrogens is 346 g/mol. The molecule has 3 rings (SSSR count). The largest absolute Gasteiger partial charge is 0.372 e. The topological polar surface area (TPSA) is 44.4 Å². The molecule has 0 bridgehead atoms. The lowest BCUT2D eigenvalue weighted by molar-refractivity contribution is -0.115. The molecule has 2 aromatic rings. The molecule has 0 spiro atoms. The number of carbonyl (C=O) groups is 1. The monoisotopic (exact) mass is 371 g/mol. The van der Waals surface area contributed by atoms with Gasteiger partial charge in [0.2, 0.25) is 5.91 Å². The summed E-state index contributed by atoms with van der Waals surface area (Å²) >= 11 is 6.21. The third-order valence-electron chi connectivity index (χ3n) is 4.90. The minimum Gasteiger partial charge on any atom is -0.372 e. The molecule has 1 heterocycles. The smallest absolute Gasteiger partial charge is 0.238 e. The zero-order chi connectivity index (χ0) is 18.5. The Labute approximate surface area is 160 Å². The Morgan fingerprint density at radius 1 is 1.19 bits per heavy atom. The van der Waals surface area contributed by atoms with Gasteiger partial charge >= 0.3 is 0 Å². The van der Waals surface area contributed by atoms with Crippen molar-refractivity contribution in [2.75, 3.05) is 29.9 Å². The second-order valence-corrected chi connectivity index (χ2v) is 7.27. The van der Waals surface area contributed by atoms with Crippen LogP contribution in [-0.4, -0.2) is 25.5 Å². The maximum atomic E-state index is 12.3. The molecule has 1 fully saturated rings. The Kier molecular flexibility index (Phi) is 6.17. The van der Waals surface area contributed by atoms with Crippen molar-refractivity contribution in [2.45, 2.75) is 32.7 Å². The van der Waals surface area contributed by atoms with E-state index in [0.29, 0.717) is 5.02 Å². The first-order valence-electron chi connectivity index (χ1n) is 9.18. The van der Waals surface area contributed by atoms with E-state index in [1.54, 1.807) is 0 Å². The lowest BCUT2D eigenvalue weighted by Gasteiger charge is -2.20. The number of anilines is 2. The second kappa shape index (κ2) is 8.56. The van der Waals surface area contributed by atoms with E-state index < -0.39 is 0 Å². The lowest BCUT2D eigenvalue weighted by atomic mass is 10.1. The van der Waals surface area contributed by atoms with Crippen molar-refractivity contribution >= 4 is 28.9 Å². The molecule has 0 aliphatic carbocycles. The summed E-state index contributed by atoms with van der Waals surface area (Å²) in [5.74, 6) is -0.0547. The molecule has 1 unspecified atom stereocenters. The van der Waals surface area contributed by atoms with Gasteiger partial charge in [0.1, 0.15) is 0 Å². The summed E-state index contributed by atoms with van der Waals surface area (Å²) in [7, 11) is 0. The zero-order valence-corrected chi connectivity index (χ0v) is 16.1. The molecule has 2 aromatic carbocycles. The summed E-state index contributed by atoms with van der Waals surface area (Å²) in [6, 6.07) is 13.9. The SMILES string of the molecule is Cc1cc(N2CCCC2)ccc1NC(=O)CNC(C)c1ccccc1Cl. The number of amides is 1. The summed E-state index contributed by atoms with van der Waals surface area (Å²) in [6.45, 7) is 6.52. The number of carbonyl (C=O) groups excluding carboxylic acids is 1. The summed E-state index contributed by atoms with van der Waals surface area (Å²) in [5, 5.41) is 6.94. The number of halogens is 1. The Bertz CT molecular complexity index is 772. The van der Waals surface area contributed by atoms with Crippen LogP contribution in [0.15, 0.2) is 42.5 Å². The van der Waals surface area contributed by atoms with Crippen LogP contribution in [0.1, 0.15) is 36.9 Å². The Balaban J connectivity index is 1.55. The van der Waals surface area contributed by atoms with Gasteiger partial charge in [0.15, 0.2) is 0 Å². The number of rotatable bonds is 6. The van der Waals surface area contributed by atoms with E-state index in [2.05, 4.69) is 27.7 Å². The van der Waals surface area contributed by atoms with Crippen LogP contribution in [-0.2, 0) is 4.79 Å². The highest BCUT2D eigenvalue weighted by Crippen LogP contribution is 2.25. The predicted octanol–water partition coefficient (Wildman–Crippen LogP) is 4.54. The van der Waals surface area contributed by atoms with E-state index in [9.17, 15) is 4.79 Å². The summed E-state index contributed by atoms with van der Waals surface area (Å²) < 4.78 is 0. The third kappa shape index (κ3) is 4.57. The highest BCUT2D eigenvalue weighted by Gasteiger charge is 2.14. The van der Waals surface area contributed by atoms with Gasteiger partial charge in [0, 0.05) is 35.5 Å². The van der Waals surface area contributed by atoms with Crippen molar-refractivity contribution in [1.29, 1.82) is 0 Å². The summed E-state index contributed by atoms with van der Waals surface area (Å²) in [4.78, 5) is 14.7. The first-order valence-corrected chi connectivity index (χ1v) is 9.55. The van der Waals surface area contributed by atoms with Gasteiger partial charge in [-0.15, -0.1) is 0 Å². The van der Waals surface area contributed by atoms with Crippen LogP contribution in [0.4, 0.5) is 11.4 Å². The second-order valence-electron chi connectivity index (χ2n) is 6.87. The normalized spacial score (nSPS) is 15.1. The molecule has 4 nitrogen and oxygen atoms in total. The van der Waals surface area contributed by atoms with Crippen LogP contribution in [0, 0.1) is 6.92 Å². The fraction of sp³-hybridized carbons (Fsp3) is 0.381. The quantitative estimate of drug-likeness (QED) is 0.783. The highest BCUT2D eigenvalue weighted by atomic mass is 35.5. The van der Waals surface area contributed by atoms with Crippen molar-refractivity contribution in [2.24, 2.45) is 0 Å². The van der Waals surface area contributed by atoms with Gasteiger partial charge in [-0.3, -0.25) is 4.79 Å². The predicted molar refractivity (Wildman–Crippen MR) is 109 cm³/mol. The van der Waals surface area contributed by atoms with Crippen molar-refractivity contribution in [3.8, 4) is 0 Å². The fourth-order valence-electron chi connectivity index (χ4n) is 3.34. The molecule has 0 saturated carbocycles. The summed E-state index contributed by atoms with van der Waals surface area (Å²) in [6.07, 6.45) is 2.51. The van der Waals surface area contributed by atoms with Gasteiger partial charge in [-0.05, 0) is 62.1 Å². The van der Waals surface area contributed by atoms with Crippen LogP contribution < -0.4 is 15.5 Å². The fourth-order valence-corrected chi connectivity index (χ4v) is 3.64. The van der Waals surface area contributed by atoms with Crippen molar-refractivity contribution in [1.82, 2.24) is 5.32 Å². The molecule has 1 atom stereocenters. The number of nitrogens with one attached hydrogen (secondary N) is 2. The van der Waals surface area contributed by atoms with E-state index in [4.69, 9.17) is 11.6 Å². The van der Waals surface area contributed by atoms with Crippen LogP contribution in [0.3, 0.4) is 0 Å². The number of benzene rings is 2. The van der Waals surface area contributed by atoms with Crippen LogP contribution in [0.5, 0.6) is 0 Å². The van der Waals surface area contributed by atoms with Crippen LogP contribution >= 0.6 is 11.6 Å². The van der Waals surface area contributed by atoms with E-state index in [1.165, 1.54) is 18.5 Å². The third-order valence-corrected chi connectivity index (χ3v) is 5.24. The molecule has 138 valence electrons. The average Bonchev–Trinajstić information content (AvgIpc) is 3.16. The van der Waals surface area contributed by atoms with Gasteiger partial charge in [0.05, 0.1) is 6.54 Å². The van der Waals surface area contributed by atoms with E-state index in [-0.39, 0.29) is 18.5 Å². The minimum absolute atomic E-state index is 0.00749. The minimum atomic E-state index is -0.0547.